The maximum Gasteiger partial charge on any atom is 0.337 e. The Labute approximate surface area is 199 Å². The SMILES string of the molecule is CC[C@H](C)OC(=O)C1=C(C)NC2=C(C(=O)C[C@H](c3ccccc3)C2)[C@H]1c1ccc2c(c1)OCO2. The van der Waals surface area contributed by atoms with E-state index in [2.05, 4.69) is 17.4 Å². The molecule has 5 rings (SSSR count). The van der Waals surface area contributed by atoms with E-state index in [0.29, 0.717) is 41.9 Å². The van der Waals surface area contributed by atoms with E-state index in [1.54, 1.807) is 0 Å². The molecular formula is C28H29NO5. The summed E-state index contributed by atoms with van der Waals surface area (Å²) in [6.07, 6.45) is 1.60. The maximum atomic E-state index is 13.7. The van der Waals surface area contributed by atoms with Crippen LogP contribution in [-0.2, 0) is 14.3 Å². The van der Waals surface area contributed by atoms with Gasteiger partial charge < -0.3 is 19.5 Å². The summed E-state index contributed by atoms with van der Waals surface area (Å²) >= 11 is 0. The van der Waals surface area contributed by atoms with E-state index in [1.807, 2.05) is 57.2 Å². The van der Waals surface area contributed by atoms with Gasteiger partial charge in [-0.2, -0.15) is 0 Å². The topological polar surface area (TPSA) is 73.9 Å². The zero-order chi connectivity index (χ0) is 23.8. The minimum Gasteiger partial charge on any atom is -0.459 e. The lowest BCUT2D eigenvalue weighted by Gasteiger charge is -2.37. The molecule has 1 N–H and O–H groups in total. The summed E-state index contributed by atoms with van der Waals surface area (Å²) in [5, 5.41) is 3.40. The van der Waals surface area contributed by atoms with Crippen molar-refractivity contribution in [3.8, 4) is 11.5 Å². The molecule has 34 heavy (non-hydrogen) atoms. The van der Waals surface area contributed by atoms with Gasteiger partial charge in [-0.15, -0.1) is 0 Å². The number of rotatable bonds is 5. The fourth-order valence-electron chi connectivity index (χ4n) is 5.03. The minimum atomic E-state index is -0.522. The molecule has 3 atom stereocenters. The van der Waals surface area contributed by atoms with Crippen molar-refractivity contribution in [1.82, 2.24) is 5.32 Å². The smallest absolute Gasteiger partial charge is 0.337 e. The lowest BCUT2D eigenvalue weighted by Crippen LogP contribution is -2.36. The van der Waals surface area contributed by atoms with Gasteiger partial charge in [-0.25, -0.2) is 4.79 Å². The highest BCUT2D eigenvalue weighted by Gasteiger charge is 2.42. The summed E-state index contributed by atoms with van der Waals surface area (Å²) in [7, 11) is 0. The Morgan fingerprint density at radius 2 is 1.85 bits per heavy atom. The normalized spacial score (nSPS) is 22.3. The first-order valence-electron chi connectivity index (χ1n) is 11.9. The summed E-state index contributed by atoms with van der Waals surface area (Å²) in [5.41, 5.74) is 4.69. The Morgan fingerprint density at radius 1 is 1.09 bits per heavy atom. The van der Waals surface area contributed by atoms with Gasteiger partial charge in [0.2, 0.25) is 6.79 Å². The third-order valence-corrected chi connectivity index (χ3v) is 6.93. The third-order valence-electron chi connectivity index (χ3n) is 6.93. The molecule has 6 nitrogen and oxygen atoms in total. The molecule has 176 valence electrons. The van der Waals surface area contributed by atoms with Crippen LogP contribution in [0.3, 0.4) is 0 Å². The molecule has 2 heterocycles. The van der Waals surface area contributed by atoms with Crippen LogP contribution in [0.4, 0.5) is 0 Å². The average Bonchev–Trinajstić information content (AvgIpc) is 3.31. The number of allylic oxidation sites excluding steroid dienone is 3. The number of hydrogen-bond acceptors (Lipinski definition) is 6. The highest BCUT2D eigenvalue weighted by molar-refractivity contribution is 6.04. The second-order valence-corrected chi connectivity index (χ2v) is 9.16. The molecule has 6 heteroatoms. The predicted octanol–water partition coefficient (Wildman–Crippen LogP) is 5.12. The van der Waals surface area contributed by atoms with Crippen molar-refractivity contribution in [2.24, 2.45) is 0 Å². The van der Waals surface area contributed by atoms with Gasteiger partial charge in [-0.1, -0.05) is 43.3 Å². The summed E-state index contributed by atoms with van der Waals surface area (Å²) in [4.78, 5) is 27.0. The quantitative estimate of drug-likeness (QED) is 0.626. The Balaban J connectivity index is 1.59. The van der Waals surface area contributed by atoms with Crippen molar-refractivity contribution in [2.75, 3.05) is 6.79 Å². The van der Waals surface area contributed by atoms with Crippen LogP contribution in [0.15, 0.2) is 71.1 Å². The number of Topliss-reactive ketones (excluding diaryl/α,β-unsaturated/α-hetero) is 1. The number of benzene rings is 2. The second kappa shape index (κ2) is 9.01. The highest BCUT2D eigenvalue weighted by Crippen LogP contribution is 2.47. The predicted molar refractivity (Wildman–Crippen MR) is 127 cm³/mol. The fourth-order valence-corrected chi connectivity index (χ4v) is 5.03. The summed E-state index contributed by atoms with van der Waals surface area (Å²) in [5.74, 6) is 0.509. The van der Waals surface area contributed by atoms with Crippen LogP contribution in [0.2, 0.25) is 0 Å². The standard InChI is InChI=1S/C28H29NO5/c1-4-16(2)34-28(31)25-17(3)29-21-12-20(18-8-6-5-7-9-18)13-22(30)27(21)26(25)19-10-11-23-24(14-19)33-15-32-23/h5-11,14,16,20,26,29H,4,12-13,15H2,1-3H3/t16-,20+,26-/m0/s1. The molecule has 0 unspecified atom stereocenters. The van der Waals surface area contributed by atoms with Gasteiger partial charge in [0, 0.05) is 29.3 Å². The van der Waals surface area contributed by atoms with Gasteiger partial charge in [-0.3, -0.25) is 4.79 Å². The van der Waals surface area contributed by atoms with E-state index < -0.39 is 11.9 Å². The Bertz CT molecular complexity index is 1200. The van der Waals surface area contributed by atoms with Crippen LogP contribution >= 0.6 is 0 Å². The van der Waals surface area contributed by atoms with Crippen LogP contribution in [0, 0.1) is 0 Å². The molecule has 0 saturated heterocycles. The third kappa shape index (κ3) is 3.98. The van der Waals surface area contributed by atoms with Gasteiger partial charge in [-0.05, 0) is 55.9 Å². The van der Waals surface area contributed by atoms with E-state index >= 15 is 0 Å². The number of fused-ring (bicyclic) bond motifs is 1. The maximum absolute atomic E-state index is 13.7. The van der Waals surface area contributed by atoms with Crippen LogP contribution in [0.5, 0.6) is 11.5 Å². The molecule has 2 aromatic carbocycles. The van der Waals surface area contributed by atoms with Crippen LogP contribution < -0.4 is 14.8 Å². The number of carbonyl (C=O) groups excluding carboxylic acids is 2. The molecule has 0 spiro atoms. The Hall–Kier alpha value is -3.54. The molecule has 2 aromatic rings. The van der Waals surface area contributed by atoms with Crippen LogP contribution in [0.25, 0.3) is 0 Å². The Morgan fingerprint density at radius 3 is 2.62 bits per heavy atom. The number of carbonyl (C=O) groups is 2. The first-order valence-corrected chi connectivity index (χ1v) is 11.9. The molecule has 1 aliphatic carbocycles. The number of ketones is 1. The van der Waals surface area contributed by atoms with E-state index in [0.717, 1.165) is 22.5 Å². The number of hydrogen-bond donors (Lipinski definition) is 1. The summed E-state index contributed by atoms with van der Waals surface area (Å²) in [6, 6.07) is 15.8. The summed E-state index contributed by atoms with van der Waals surface area (Å²) < 4.78 is 16.8. The lowest BCUT2D eigenvalue weighted by molar-refractivity contribution is -0.144. The van der Waals surface area contributed by atoms with Crippen molar-refractivity contribution in [2.45, 2.75) is 58.0 Å². The van der Waals surface area contributed by atoms with E-state index in [1.165, 1.54) is 0 Å². The van der Waals surface area contributed by atoms with Crippen molar-refractivity contribution in [3.63, 3.8) is 0 Å². The molecule has 0 radical (unpaired) electrons. The van der Waals surface area contributed by atoms with Crippen LogP contribution in [0.1, 0.15) is 63.0 Å². The number of esters is 1. The highest BCUT2D eigenvalue weighted by atomic mass is 16.7. The monoisotopic (exact) mass is 459 g/mol. The van der Waals surface area contributed by atoms with Gasteiger partial charge >= 0.3 is 5.97 Å². The average molecular weight is 460 g/mol. The van der Waals surface area contributed by atoms with Crippen molar-refractivity contribution in [1.29, 1.82) is 0 Å². The summed E-state index contributed by atoms with van der Waals surface area (Å²) in [6.45, 7) is 5.89. The number of ether oxygens (including phenoxy) is 3. The molecule has 0 amide bonds. The first-order chi connectivity index (χ1) is 16.5. The fraction of sp³-hybridized carbons (Fsp3) is 0.357. The van der Waals surface area contributed by atoms with Gasteiger partial charge in [0.15, 0.2) is 17.3 Å². The van der Waals surface area contributed by atoms with Crippen LogP contribution in [-0.4, -0.2) is 24.6 Å². The molecule has 0 saturated carbocycles. The van der Waals surface area contributed by atoms with E-state index in [9.17, 15) is 9.59 Å². The van der Waals surface area contributed by atoms with Crippen molar-refractivity contribution >= 4 is 11.8 Å². The van der Waals surface area contributed by atoms with Crippen molar-refractivity contribution in [3.05, 3.63) is 82.2 Å². The second-order valence-electron chi connectivity index (χ2n) is 9.16. The zero-order valence-electron chi connectivity index (χ0n) is 19.7. The van der Waals surface area contributed by atoms with Gasteiger partial charge in [0.1, 0.15) is 0 Å². The number of dihydropyridines is 1. The Kier molecular flexibility index (Phi) is 5.90. The first kappa shape index (κ1) is 22.3. The lowest BCUT2D eigenvalue weighted by atomic mass is 9.71. The molecule has 0 fully saturated rings. The largest absolute Gasteiger partial charge is 0.459 e. The van der Waals surface area contributed by atoms with Gasteiger partial charge in [0.25, 0.3) is 0 Å². The van der Waals surface area contributed by atoms with E-state index in [-0.39, 0.29) is 24.6 Å². The van der Waals surface area contributed by atoms with Gasteiger partial charge in [0.05, 0.1) is 11.7 Å². The molecular weight excluding hydrogens is 430 g/mol. The molecule has 0 bridgehead atoms. The number of nitrogens with one attached hydrogen (secondary N) is 1. The molecule has 0 aromatic heterocycles. The molecule has 2 aliphatic heterocycles. The molecule has 3 aliphatic rings. The zero-order valence-corrected chi connectivity index (χ0v) is 19.7. The minimum absolute atomic E-state index is 0.0478. The van der Waals surface area contributed by atoms with Crippen molar-refractivity contribution < 1.29 is 23.8 Å². The van der Waals surface area contributed by atoms with E-state index in [4.69, 9.17) is 14.2 Å².